The first-order chi connectivity index (χ1) is 5.89. The highest BCUT2D eigenvalue weighted by molar-refractivity contribution is 5.75. The van der Waals surface area contributed by atoms with Gasteiger partial charge < -0.3 is 0 Å². The predicted octanol–water partition coefficient (Wildman–Crippen LogP) is 1.16. The number of ketones is 1. The van der Waals surface area contributed by atoms with E-state index in [0.717, 1.165) is 5.82 Å². The average molecular weight is 181 g/mol. The van der Waals surface area contributed by atoms with Crippen LogP contribution in [0.2, 0.25) is 0 Å². The number of rotatable bonds is 2. The van der Waals surface area contributed by atoms with E-state index in [-0.39, 0.29) is 11.2 Å². The Balaban J connectivity index is 2.81. The fraction of sp³-hybridized carbons (Fsp3) is 0.667. The van der Waals surface area contributed by atoms with Crippen molar-refractivity contribution in [2.24, 2.45) is 0 Å². The molecule has 0 fully saturated rings. The molecule has 0 unspecified atom stereocenters. The quantitative estimate of drug-likeness (QED) is 0.688. The Kier molecular flexibility index (Phi) is 2.50. The van der Waals surface area contributed by atoms with Crippen LogP contribution < -0.4 is 0 Å². The van der Waals surface area contributed by atoms with Gasteiger partial charge in [-0.15, -0.1) is 0 Å². The minimum Gasteiger partial charge on any atom is -0.298 e. The molecule has 0 saturated heterocycles. The number of carbonyl (C=O) groups excluding carboxylic acids is 1. The Bertz CT molecular complexity index is 309. The zero-order valence-corrected chi connectivity index (χ0v) is 8.53. The lowest BCUT2D eigenvalue weighted by molar-refractivity contribution is -0.117. The van der Waals surface area contributed by atoms with E-state index < -0.39 is 0 Å². The van der Waals surface area contributed by atoms with E-state index in [2.05, 4.69) is 10.1 Å². The van der Waals surface area contributed by atoms with Gasteiger partial charge >= 0.3 is 0 Å². The Morgan fingerprint density at radius 3 is 2.54 bits per heavy atom. The van der Waals surface area contributed by atoms with Gasteiger partial charge in [0.05, 0.1) is 0 Å². The van der Waals surface area contributed by atoms with E-state index in [1.165, 1.54) is 0 Å². The maximum Gasteiger partial charge on any atom is 0.155 e. The number of nitrogens with zero attached hydrogens (tertiary/aromatic N) is 3. The zero-order chi connectivity index (χ0) is 10.1. The maximum absolute atomic E-state index is 10.8. The first kappa shape index (κ1) is 9.89. The first-order valence-corrected chi connectivity index (χ1v) is 4.29. The number of aromatic nitrogens is 3. The third kappa shape index (κ3) is 2.65. The third-order valence-electron chi connectivity index (χ3n) is 1.59. The summed E-state index contributed by atoms with van der Waals surface area (Å²) < 4.78 is 1.57. The van der Waals surface area contributed by atoms with Crippen molar-refractivity contribution in [3.8, 4) is 0 Å². The van der Waals surface area contributed by atoms with Crippen LogP contribution in [0, 0.1) is 0 Å². The van der Waals surface area contributed by atoms with Crippen LogP contribution in [0.25, 0.3) is 0 Å². The van der Waals surface area contributed by atoms with Crippen molar-refractivity contribution in [1.82, 2.24) is 14.8 Å². The van der Waals surface area contributed by atoms with Crippen LogP contribution in [0.15, 0.2) is 6.33 Å². The first-order valence-electron chi connectivity index (χ1n) is 4.29. The largest absolute Gasteiger partial charge is 0.298 e. The van der Waals surface area contributed by atoms with Gasteiger partial charge in [0.1, 0.15) is 12.9 Å². The Labute approximate surface area is 78.0 Å². The van der Waals surface area contributed by atoms with Crippen LogP contribution in [-0.2, 0) is 16.8 Å². The molecule has 1 aromatic rings. The summed E-state index contributed by atoms with van der Waals surface area (Å²) in [5, 5.41) is 4.21. The molecule has 0 saturated carbocycles. The Hall–Kier alpha value is -1.19. The van der Waals surface area contributed by atoms with Crippen LogP contribution in [0.4, 0.5) is 0 Å². The van der Waals surface area contributed by atoms with E-state index in [0.29, 0.717) is 6.54 Å². The van der Waals surface area contributed by atoms with Gasteiger partial charge in [-0.05, 0) is 6.92 Å². The lowest BCUT2D eigenvalue weighted by Crippen LogP contribution is -2.15. The Morgan fingerprint density at radius 2 is 2.15 bits per heavy atom. The molecular weight excluding hydrogens is 166 g/mol. The highest BCUT2D eigenvalue weighted by atomic mass is 16.1. The molecular formula is C9H15N3O. The van der Waals surface area contributed by atoms with E-state index in [4.69, 9.17) is 0 Å². The van der Waals surface area contributed by atoms with Gasteiger partial charge in [-0.2, -0.15) is 5.10 Å². The van der Waals surface area contributed by atoms with Crippen molar-refractivity contribution in [2.45, 2.75) is 39.7 Å². The minimum atomic E-state index is -0.0535. The lowest BCUT2D eigenvalue weighted by Gasteiger charge is -2.12. The predicted molar refractivity (Wildman–Crippen MR) is 49.4 cm³/mol. The smallest absolute Gasteiger partial charge is 0.155 e. The summed E-state index contributed by atoms with van der Waals surface area (Å²) >= 11 is 0. The lowest BCUT2D eigenvalue weighted by atomic mass is 9.96. The molecule has 0 amide bonds. The molecule has 1 aromatic heterocycles. The number of hydrogen-bond donors (Lipinski definition) is 0. The molecule has 4 nitrogen and oxygen atoms in total. The van der Waals surface area contributed by atoms with E-state index in [1.54, 1.807) is 17.9 Å². The standard InChI is InChI=1S/C9H15N3O/c1-7(13)5-12-6-10-8(11-12)9(2,3)4/h6H,5H2,1-4H3. The topological polar surface area (TPSA) is 47.8 Å². The highest BCUT2D eigenvalue weighted by Gasteiger charge is 2.18. The summed E-state index contributed by atoms with van der Waals surface area (Å²) in [6, 6.07) is 0. The molecule has 1 rings (SSSR count). The van der Waals surface area contributed by atoms with E-state index in [1.807, 2.05) is 20.8 Å². The van der Waals surface area contributed by atoms with Crippen LogP contribution in [0.5, 0.6) is 0 Å². The van der Waals surface area contributed by atoms with Crippen molar-refractivity contribution in [2.75, 3.05) is 0 Å². The summed E-state index contributed by atoms with van der Waals surface area (Å²) in [6.45, 7) is 7.98. The van der Waals surface area contributed by atoms with Crippen molar-refractivity contribution < 1.29 is 4.79 Å². The van der Waals surface area contributed by atoms with Crippen molar-refractivity contribution in [3.63, 3.8) is 0 Å². The molecule has 0 aliphatic carbocycles. The van der Waals surface area contributed by atoms with Gasteiger partial charge in [-0.1, -0.05) is 20.8 Å². The summed E-state index contributed by atoms with van der Waals surface area (Å²) in [4.78, 5) is 14.9. The summed E-state index contributed by atoms with van der Waals surface area (Å²) in [6.07, 6.45) is 1.60. The molecule has 0 aliphatic rings. The van der Waals surface area contributed by atoms with Gasteiger partial charge in [0, 0.05) is 5.41 Å². The van der Waals surface area contributed by atoms with E-state index >= 15 is 0 Å². The molecule has 1 heterocycles. The fourth-order valence-corrected chi connectivity index (χ4v) is 0.943. The number of carbonyl (C=O) groups is 1. The summed E-state index contributed by atoms with van der Waals surface area (Å²) in [5.41, 5.74) is -0.0535. The van der Waals surface area contributed by atoms with Crippen molar-refractivity contribution in [1.29, 1.82) is 0 Å². The summed E-state index contributed by atoms with van der Waals surface area (Å²) in [5.74, 6) is 0.860. The van der Waals surface area contributed by atoms with Gasteiger partial charge in [-0.3, -0.25) is 4.79 Å². The van der Waals surface area contributed by atoms with Gasteiger partial charge in [0.15, 0.2) is 11.6 Å². The molecule has 0 aliphatic heterocycles. The summed E-state index contributed by atoms with van der Waals surface area (Å²) in [7, 11) is 0. The third-order valence-corrected chi connectivity index (χ3v) is 1.59. The number of hydrogen-bond acceptors (Lipinski definition) is 3. The normalized spacial score (nSPS) is 11.7. The molecule has 72 valence electrons. The number of Topliss-reactive ketones (excluding diaryl/α,β-unsaturated/α-hetero) is 1. The zero-order valence-electron chi connectivity index (χ0n) is 8.53. The van der Waals surface area contributed by atoms with Crippen molar-refractivity contribution in [3.05, 3.63) is 12.2 Å². The van der Waals surface area contributed by atoms with Crippen LogP contribution >= 0.6 is 0 Å². The second-order valence-electron chi connectivity index (χ2n) is 4.22. The molecule has 0 atom stereocenters. The second kappa shape index (κ2) is 3.28. The molecule has 0 spiro atoms. The van der Waals surface area contributed by atoms with Crippen LogP contribution in [0.1, 0.15) is 33.5 Å². The molecule has 13 heavy (non-hydrogen) atoms. The monoisotopic (exact) mass is 181 g/mol. The van der Waals surface area contributed by atoms with E-state index in [9.17, 15) is 4.79 Å². The van der Waals surface area contributed by atoms with Crippen LogP contribution in [-0.4, -0.2) is 20.5 Å². The average Bonchev–Trinajstić information content (AvgIpc) is 2.32. The highest BCUT2D eigenvalue weighted by Crippen LogP contribution is 2.16. The fourth-order valence-electron chi connectivity index (χ4n) is 0.943. The molecule has 0 bridgehead atoms. The molecule has 0 radical (unpaired) electrons. The Morgan fingerprint density at radius 1 is 1.54 bits per heavy atom. The maximum atomic E-state index is 10.8. The second-order valence-corrected chi connectivity index (χ2v) is 4.22. The molecule has 4 heteroatoms. The van der Waals surface area contributed by atoms with Gasteiger partial charge in [0.25, 0.3) is 0 Å². The van der Waals surface area contributed by atoms with Crippen LogP contribution in [0.3, 0.4) is 0 Å². The molecule has 0 N–H and O–H groups in total. The van der Waals surface area contributed by atoms with Gasteiger partial charge in [0.2, 0.25) is 0 Å². The molecule has 0 aromatic carbocycles. The van der Waals surface area contributed by atoms with Crippen molar-refractivity contribution >= 4 is 5.78 Å². The SMILES string of the molecule is CC(=O)Cn1cnc(C(C)(C)C)n1. The minimum absolute atomic E-state index is 0.0535. The van der Waals surface area contributed by atoms with Gasteiger partial charge in [-0.25, -0.2) is 9.67 Å².